The molecule has 0 amide bonds. The van der Waals surface area contributed by atoms with Gasteiger partial charge in [0.15, 0.2) is 0 Å². The van der Waals surface area contributed by atoms with Crippen LogP contribution in [0, 0.1) is 0 Å². The van der Waals surface area contributed by atoms with Crippen molar-refractivity contribution in [2.24, 2.45) is 0 Å². The average molecular weight is 1530 g/mol. The van der Waals surface area contributed by atoms with Crippen LogP contribution in [0.5, 0.6) is 0 Å². The number of para-hydroxylation sites is 1. The minimum absolute atomic E-state index is 0.878. The van der Waals surface area contributed by atoms with Gasteiger partial charge in [0.05, 0.1) is 0 Å². The molecule has 23 rings (SSSR count). The molecular weight excluding hydrogens is 1460 g/mol. The van der Waals surface area contributed by atoms with E-state index in [-0.39, 0.29) is 0 Å². The third kappa shape index (κ3) is 11.6. The molecule has 0 bridgehead atoms. The summed E-state index contributed by atoms with van der Waals surface area (Å²) in [5, 5.41) is 14.8. The maximum atomic E-state index is 6.46. The molecule has 0 saturated carbocycles. The molecule has 6 heteroatoms. The van der Waals surface area contributed by atoms with Crippen molar-refractivity contribution in [1.29, 1.82) is 0 Å². The number of furan rings is 1. The lowest BCUT2D eigenvalue weighted by Crippen LogP contribution is -2.10. The van der Waals surface area contributed by atoms with E-state index in [4.69, 9.17) is 4.42 Å². The van der Waals surface area contributed by atoms with Gasteiger partial charge in [0.2, 0.25) is 0 Å². The molecule has 0 N–H and O–H groups in total. The van der Waals surface area contributed by atoms with Gasteiger partial charge in [-0.15, -0.1) is 34.0 Å². The summed E-state index contributed by atoms with van der Waals surface area (Å²) in [7, 11) is 0. The van der Waals surface area contributed by atoms with Crippen molar-refractivity contribution >= 4 is 172 Å². The van der Waals surface area contributed by atoms with Crippen LogP contribution in [0.2, 0.25) is 0 Å². The van der Waals surface area contributed by atoms with Crippen molar-refractivity contribution in [2.75, 3.05) is 9.80 Å². The highest BCUT2D eigenvalue weighted by atomic mass is 32.1. The lowest BCUT2D eigenvalue weighted by atomic mass is 9.95. The van der Waals surface area contributed by atoms with Crippen LogP contribution in [0.3, 0.4) is 0 Å². The predicted octanol–water partition coefficient (Wildman–Crippen LogP) is 33.3. The highest BCUT2D eigenvalue weighted by Crippen LogP contribution is 2.50. The van der Waals surface area contributed by atoms with Crippen LogP contribution in [-0.2, 0) is 0 Å². The first-order chi connectivity index (χ1) is 57.5. The van der Waals surface area contributed by atoms with Crippen LogP contribution < -0.4 is 9.80 Å². The Labute approximate surface area is 682 Å². The monoisotopic (exact) mass is 1530 g/mol. The summed E-state index contributed by atoms with van der Waals surface area (Å²) in [5.74, 6) is 0. The topological polar surface area (TPSA) is 19.6 Å². The van der Waals surface area contributed by atoms with Gasteiger partial charge in [-0.3, -0.25) is 0 Å². The third-order valence-corrected chi connectivity index (χ3v) is 27.0. The summed E-state index contributed by atoms with van der Waals surface area (Å²) in [6, 6.07) is 153. The maximum Gasteiger partial charge on any atom is 0.136 e. The van der Waals surface area contributed by atoms with Crippen molar-refractivity contribution in [1.82, 2.24) is 0 Å². The molecule has 0 radical (unpaired) electrons. The Morgan fingerprint density at radius 1 is 0.172 bits per heavy atom. The zero-order chi connectivity index (χ0) is 76.3. The Hall–Kier alpha value is -14.2. The molecule has 0 saturated heterocycles. The summed E-state index contributed by atoms with van der Waals surface area (Å²) in [4.78, 5) is 4.86. The molecule has 4 aromatic heterocycles. The molecule has 0 spiro atoms. The van der Waals surface area contributed by atoms with Crippen molar-refractivity contribution in [2.45, 2.75) is 0 Å². The predicted molar refractivity (Wildman–Crippen MR) is 500 cm³/mol. The molecule has 0 aliphatic carbocycles. The molecule has 542 valence electrons. The molecule has 0 unspecified atom stereocenters. The average Bonchev–Trinajstić information content (AvgIpc) is 1.59. The second-order valence-corrected chi connectivity index (χ2v) is 33.3. The van der Waals surface area contributed by atoms with Crippen LogP contribution in [0.4, 0.5) is 34.1 Å². The Morgan fingerprint density at radius 3 is 1.21 bits per heavy atom. The van der Waals surface area contributed by atoms with E-state index in [0.29, 0.717) is 0 Å². The fourth-order valence-electron chi connectivity index (χ4n) is 18.0. The molecular formula is C110H68N2OS3. The molecule has 116 heavy (non-hydrogen) atoms. The van der Waals surface area contributed by atoms with Crippen molar-refractivity contribution in [3.05, 3.63) is 413 Å². The van der Waals surface area contributed by atoms with Gasteiger partial charge >= 0.3 is 0 Å². The van der Waals surface area contributed by atoms with Crippen molar-refractivity contribution in [3.63, 3.8) is 0 Å². The fourth-order valence-corrected chi connectivity index (χ4v) is 21.7. The fraction of sp³-hybridized carbons (Fsp3) is 0. The molecule has 19 aromatic carbocycles. The van der Waals surface area contributed by atoms with Gasteiger partial charge in [-0.05, 0) is 238 Å². The Kier molecular flexibility index (Phi) is 16.2. The largest absolute Gasteiger partial charge is 0.456 e. The number of fused-ring (bicyclic) bond motifs is 14. The summed E-state index contributed by atoms with van der Waals surface area (Å²) in [6.07, 6.45) is 0. The Balaban J connectivity index is 0.603. The zero-order valence-electron chi connectivity index (χ0n) is 62.8. The molecule has 23 aromatic rings. The first-order valence-electron chi connectivity index (χ1n) is 39.5. The lowest BCUT2D eigenvalue weighted by Gasteiger charge is -2.27. The standard InChI is InChI=1S/C110H68N2OS3/c1-2-35-88-70(21-1)22-15-39-89(88)71-57-59-82(60-58-71)111(83-30-10-24-73(64-83)72-23-9-26-76(61-72)93-43-16-45-96-95-36-4-7-49-102(95)115-109(93)96)85-32-13-29-79(67-85)92-42-20-52-105-108(92)99-46-17-44-94(110(99)116-105)80-56-54-69-53-55-75(62-81(69)63-80)74-25-11-31-84(65-74)112(86-33-12-27-77(66-86)90-40-18-48-101-106(90)97-37-3-6-47-100(97)113-101)87-34-14-28-78(68-87)91-41-19-51-104-107(91)98-38-5-8-50-103(98)114-104/h1-68H. The normalized spacial score (nSPS) is 11.8. The third-order valence-electron chi connectivity index (χ3n) is 23.4. The second kappa shape index (κ2) is 27.8. The van der Waals surface area contributed by atoms with Crippen LogP contribution in [0.15, 0.2) is 417 Å². The summed E-state index contributed by atoms with van der Waals surface area (Å²) >= 11 is 5.62. The molecule has 0 aliphatic heterocycles. The molecule has 0 fully saturated rings. The van der Waals surface area contributed by atoms with Crippen molar-refractivity contribution < 1.29 is 4.42 Å². The second-order valence-electron chi connectivity index (χ2n) is 30.2. The number of rotatable bonds is 14. The molecule has 0 atom stereocenters. The minimum Gasteiger partial charge on any atom is -0.456 e. The molecule has 0 aliphatic rings. The quantitative estimate of drug-likeness (QED) is 0.108. The van der Waals surface area contributed by atoms with Gasteiger partial charge in [-0.2, -0.15) is 0 Å². The first-order valence-corrected chi connectivity index (χ1v) is 41.9. The SMILES string of the molecule is c1cc(-c2cccc(N(c3ccc(-c4cccc5ccccc45)cc3)c3cccc(-c4cccc5sc6c(-c7ccc8ccc(-c9cccc(N(c%10cccc(-c%11cccc%12oc%13ccccc%13c%11%12)c%10)c%10cccc(-c%11cccc%12sc%13ccccc%13c%11%12)c%10)c9)cc8c7)cccc6c45)c3)c2)cc(-c2cccc3c2sc2ccccc23)c1. The van der Waals surface area contributed by atoms with Gasteiger partial charge in [0.25, 0.3) is 0 Å². The smallest absolute Gasteiger partial charge is 0.136 e. The van der Waals surface area contributed by atoms with E-state index in [1.54, 1.807) is 0 Å². The Bertz CT molecular complexity index is 7730. The number of thiophene rings is 3. The number of anilines is 6. The van der Waals surface area contributed by atoms with E-state index < -0.39 is 0 Å². The van der Waals surface area contributed by atoms with E-state index in [1.807, 2.05) is 40.1 Å². The number of hydrogen-bond donors (Lipinski definition) is 0. The van der Waals surface area contributed by atoms with Crippen LogP contribution in [0.25, 0.3) is 193 Å². The van der Waals surface area contributed by atoms with Crippen LogP contribution in [0.1, 0.15) is 0 Å². The van der Waals surface area contributed by atoms with Crippen molar-refractivity contribution in [3.8, 4) is 89.0 Å². The van der Waals surface area contributed by atoms with Gasteiger partial charge in [-0.1, -0.05) is 285 Å². The first kappa shape index (κ1) is 67.5. The summed E-state index contributed by atoms with van der Waals surface area (Å²) in [5.41, 5.74) is 27.0. The highest BCUT2D eigenvalue weighted by molar-refractivity contribution is 7.27. The van der Waals surface area contributed by atoms with Gasteiger partial charge in [0, 0.05) is 105 Å². The van der Waals surface area contributed by atoms with Crippen LogP contribution in [-0.4, -0.2) is 0 Å². The van der Waals surface area contributed by atoms with Gasteiger partial charge < -0.3 is 14.2 Å². The van der Waals surface area contributed by atoms with E-state index in [9.17, 15) is 0 Å². The lowest BCUT2D eigenvalue weighted by molar-refractivity contribution is 0.669. The van der Waals surface area contributed by atoms with E-state index >= 15 is 0 Å². The maximum absolute atomic E-state index is 6.46. The molecule has 3 nitrogen and oxygen atoms in total. The highest BCUT2D eigenvalue weighted by Gasteiger charge is 2.24. The summed E-state index contributed by atoms with van der Waals surface area (Å²) < 4.78 is 14.2. The zero-order valence-corrected chi connectivity index (χ0v) is 65.2. The minimum atomic E-state index is 0.878. The van der Waals surface area contributed by atoms with E-state index in [0.717, 1.165) is 89.4 Å². The Morgan fingerprint density at radius 2 is 0.543 bits per heavy atom. The van der Waals surface area contributed by atoms with E-state index in [2.05, 4.69) is 416 Å². The summed E-state index contributed by atoms with van der Waals surface area (Å²) in [6.45, 7) is 0. The molecule has 4 heterocycles. The van der Waals surface area contributed by atoms with Gasteiger partial charge in [-0.25, -0.2) is 0 Å². The van der Waals surface area contributed by atoms with E-state index in [1.165, 1.54) is 138 Å². The van der Waals surface area contributed by atoms with Crippen LogP contribution >= 0.6 is 34.0 Å². The number of benzene rings is 19. The number of hydrogen-bond acceptors (Lipinski definition) is 6. The number of nitrogens with zero attached hydrogens (tertiary/aromatic N) is 2. The van der Waals surface area contributed by atoms with Gasteiger partial charge in [0.1, 0.15) is 11.2 Å².